The van der Waals surface area contributed by atoms with E-state index in [0.717, 1.165) is 30.4 Å². The van der Waals surface area contributed by atoms with Crippen molar-refractivity contribution in [2.45, 2.75) is 50.9 Å². The number of amides is 1. The summed E-state index contributed by atoms with van der Waals surface area (Å²) in [4.78, 5) is 20.3. The van der Waals surface area contributed by atoms with Crippen LogP contribution in [0, 0.1) is 5.82 Å². The second kappa shape index (κ2) is 15.4. The van der Waals surface area contributed by atoms with Crippen molar-refractivity contribution >= 4 is 40.6 Å². The largest absolute Gasteiger partial charge is 0.496 e. The van der Waals surface area contributed by atoms with Gasteiger partial charge in [0.25, 0.3) is 0 Å². The van der Waals surface area contributed by atoms with E-state index in [1.54, 1.807) is 37.7 Å². The molecule has 2 aromatic carbocycles. The number of halogens is 3. The second-order valence-corrected chi connectivity index (χ2v) is 12.4. The molecule has 4 heterocycles. The number of rotatable bonds is 12. The molecule has 0 saturated carbocycles. The maximum atomic E-state index is 15.5. The number of hydrogen-bond donors (Lipinski definition) is 4. The van der Waals surface area contributed by atoms with Crippen LogP contribution in [0.3, 0.4) is 0 Å². The Morgan fingerprint density at radius 3 is 2.57 bits per heavy atom. The molecule has 1 atom stereocenters. The zero-order valence-corrected chi connectivity index (χ0v) is 27.6. The van der Waals surface area contributed by atoms with Crippen LogP contribution >= 0.6 is 23.2 Å². The Morgan fingerprint density at radius 2 is 1.79 bits per heavy atom. The van der Waals surface area contributed by atoms with Gasteiger partial charge < -0.3 is 30.7 Å². The Morgan fingerprint density at radius 1 is 0.979 bits per heavy atom. The van der Waals surface area contributed by atoms with Crippen molar-refractivity contribution in [1.29, 1.82) is 0 Å². The van der Waals surface area contributed by atoms with E-state index in [0.29, 0.717) is 89.2 Å². The molecule has 47 heavy (non-hydrogen) atoms. The van der Waals surface area contributed by atoms with Gasteiger partial charge in [0.15, 0.2) is 11.6 Å². The Balaban J connectivity index is 1.19. The van der Waals surface area contributed by atoms with Gasteiger partial charge in [0, 0.05) is 91.6 Å². The molecule has 9 nitrogen and oxygen atoms in total. The lowest BCUT2D eigenvalue weighted by Crippen LogP contribution is -2.35. The first-order chi connectivity index (χ1) is 22.9. The molecule has 2 fully saturated rings. The minimum Gasteiger partial charge on any atom is -0.496 e. The van der Waals surface area contributed by atoms with Gasteiger partial charge in [-0.2, -0.15) is 0 Å². The minimum absolute atomic E-state index is 0.0894. The third kappa shape index (κ3) is 7.85. The number of ether oxygens (including phenoxy) is 2. The van der Waals surface area contributed by atoms with Gasteiger partial charge in [-0.25, -0.2) is 9.37 Å². The number of nitrogens with zero attached hydrogens (tertiary/aromatic N) is 2. The van der Waals surface area contributed by atoms with E-state index in [1.807, 2.05) is 30.3 Å². The van der Waals surface area contributed by atoms with Crippen LogP contribution in [-0.4, -0.2) is 54.8 Å². The molecule has 0 radical (unpaired) electrons. The zero-order valence-electron chi connectivity index (χ0n) is 26.0. The van der Waals surface area contributed by atoms with Crippen molar-refractivity contribution in [2.75, 3.05) is 32.2 Å². The molecule has 4 N–H and O–H groups in total. The Hall–Kier alpha value is -3.80. The lowest BCUT2D eigenvalue weighted by Gasteiger charge is -2.23. The number of hydrogen-bond acceptors (Lipinski definition) is 8. The van der Waals surface area contributed by atoms with Gasteiger partial charge in [-0.05, 0) is 43.5 Å². The molecule has 246 valence electrons. The van der Waals surface area contributed by atoms with Crippen molar-refractivity contribution in [3.05, 3.63) is 87.9 Å². The highest BCUT2D eigenvalue weighted by Gasteiger charge is 2.21. The summed E-state index contributed by atoms with van der Waals surface area (Å²) in [6, 6.07) is 15.2. The summed E-state index contributed by atoms with van der Waals surface area (Å²) >= 11 is 13.9. The molecular weight excluding hydrogens is 642 g/mol. The Labute approximate surface area is 283 Å². The summed E-state index contributed by atoms with van der Waals surface area (Å²) in [5, 5.41) is 13.7. The van der Waals surface area contributed by atoms with Crippen molar-refractivity contribution in [3.8, 4) is 28.1 Å². The molecule has 2 aliphatic rings. The number of pyridine rings is 2. The molecule has 6 rings (SSSR count). The summed E-state index contributed by atoms with van der Waals surface area (Å²) in [5.41, 5.74) is 4.68. The van der Waals surface area contributed by atoms with Crippen LogP contribution in [0.5, 0.6) is 5.75 Å². The summed E-state index contributed by atoms with van der Waals surface area (Å²) < 4.78 is 26.6. The fourth-order valence-electron chi connectivity index (χ4n) is 5.93. The van der Waals surface area contributed by atoms with Crippen LogP contribution < -0.4 is 26.0 Å². The molecule has 0 bridgehead atoms. The lowest BCUT2D eigenvalue weighted by atomic mass is 10.0. The molecule has 12 heteroatoms. The number of benzene rings is 2. The van der Waals surface area contributed by atoms with Crippen LogP contribution in [0.4, 0.5) is 15.9 Å². The summed E-state index contributed by atoms with van der Waals surface area (Å²) in [5.74, 6) is 0.444. The van der Waals surface area contributed by atoms with Crippen LogP contribution in [0.1, 0.15) is 36.8 Å². The molecule has 0 aliphatic carbocycles. The van der Waals surface area contributed by atoms with Crippen LogP contribution in [0.15, 0.2) is 60.9 Å². The fraction of sp³-hybridized carbons (Fsp3) is 0.343. The number of nitrogens with one attached hydrogen (secondary N) is 4. The normalized spacial score (nSPS) is 16.7. The van der Waals surface area contributed by atoms with Crippen molar-refractivity contribution in [2.24, 2.45) is 0 Å². The molecular formula is C35H37Cl2FN6O3. The maximum Gasteiger partial charge on any atom is 0.220 e. The molecule has 2 aliphatic heterocycles. The van der Waals surface area contributed by atoms with Gasteiger partial charge in [0.05, 0.1) is 28.5 Å². The first kappa shape index (κ1) is 33.1. The van der Waals surface area contributed by atoms with Gasteiger partial charge in [0.1, 0.15) is 5.75 Å². The van der Waals surface area contributed by atoms with Crippen molar-refractivity contribution in [1.82, 2.24) is 25.9 Å². The van der Waals surface area contributed by atoms with Crippen molar-refractivity contribution < 1.29 is 18.7 Å². The van der Waals surface area contributed by atoms with E-state index in [9.17, 15) is 4.79 Å². The molecule has 0 spiro atoms. The standard InChI is InChI=1S/C35H37Cl2FN6O3/c1-46-29-17-21(5-6-22(29)18-39-20-25-7-8-30(45)43-25)34-32(37)27(10-14-40-34)26-3-2-4-28(31(26)36)44-35-33(38)23(9-13-41-35)19-42-24-11-15-47-16-12-24/h2-6,9-10,13-14,17,24-25,39,42H,7-8,11-12,15-16,18-20H2,1H3,(H,41,44)(H,43,45)/t25-/m1/s1. The van der Waals surface area contributed by atoms with Crippen molar-refractivity contribution in [3.63, 3.8) is 0 Å². The van der Waals surface area contributed by atoms with E-state index in [1.165, 1.54) is 0 Å². The van der Waals surface area contributed by atoms with Gasteiger partial charge >= 0.3 is 0 Å². The summed E-state index contributed by atoms with van der Waals surface area (Å²) in [6.07, 6.45) is 6.48. The quantitative estimate of drug-likeness (QED) is 0.132. The highest BCUT2D eigenvalue weighted by Crippen LogP contribution is 2.42. The molecule has 4 aromatic rings. The average molecular weight is 680 g/mol. The highest BCUT2D eigenvalue weighted by molar-refractivity contribution is 6.39. The van der Waals surface area contributed by atoms with Gasteiger partial charge in [0.2, 0.25) is 5.91 Å². The topological polar surface area (TPSA) is 109 Å². The fourth-order valence-corrected chi connectivity index (χ4v) is 6.53. The SMILES string of the molecule is COc1cc(-c2nccc(-c3cccc(Nc4nccc(CNC5CCOCC5)c4F)c3Cl)c2Cl)ccc1CNC[C@H]1CCC(=O)N1. The molecule has 1 amide bonds. The van der Waals surface area contributed by atoms with Gasteiger partial charge in [-0.1, -0.05) is 47.5 Å². The van der Waals surface area contributed by atoms with E-state index >= 15 is 4.39 Å². The molecule has 2 aromatic heterocycles. The van der Waals surface area contributed by atoms with E-state index < -0.39 is 5.82 Å². The first-order valence-corrected chi connectivity index (χ1v) is 16.5. The summed E-state index contributed by atoms with van der Waals surface area (Å²) in [7, 11) is 1.62. The number of carbonyl (C=O) groups excluding carboxylic acids is 1. The van der Waals surface area contributed by atoms with Gasteiger partial charge in [-0.3, -0.25) is 9.78 Å². The lowest BCUT2D eigenvalue weighted by molar-refractivity contribution is -0.119. The van der Waals surface area contributed by atoms with E-state index in [4.69, 9.17) is 32.7 Å². The van der Waals surface area contributed by atoms with Crippen LogP contribution in [0.2, 0.25) is 10.0 Å². The Kier molecular flexibility index (Phi) is 10.9. The first-order valence-electron chi connectivity index (χ1n) is 15.7. The van der Waals surface area contributed by atoms with E-state index in [-0.39, 0.29) is 17.8 Å². The number of carbonyl (C=O) groups is 1. The highest BCUT2D eigenvalue weighted by atomic mass is 35.5. The maximum absolute atomic E-state index is 15.5. The second-order valence-electron chi connectivity index (χ2n) is 11.7. The third-order valence-corrected chi connectivity index (χ3v) is 9.34. The molecule has 2 saturated heterocycles. The van der Waals surface area contributed by atoms with Crippen LogP contribution in [0.25, 0.3) is 22.4 Å². The number of methoxy groups -OCH3 is 1. The Bertz CT molecular complexity index is 1740. The molecule has 0 unspecified atom stereocenters. The minimum atomic E-state index is -0.435. The monoisotopic (exact) mass is 678 g/mol. The summed E-state index contributed by atoms with van der Waals surface area (Å²) in [6.45, 7) is 3.08. The predicted octanol–water partition coefficient (Wildman–Crippen LogP) is 6.65. The predicted molar refractivity (Wildman–Crippen MR) is 183 cm³/mol. The third-order valence-electron chi connectivity index (χ3n) is 8.55. The number of anilines is 2. The zero-order chi connectivity index (χ0) is 32.8. The number of aromatic nitrogens is 2. The van der Waals surface area contributed by atoms with E-state index in [2.05, 4.69) is 31.2 Å². The smallest absolute Gasteiger partial charge is 0.220 e. The van der Waals surface area contributed by atoms with Gasteiger partial charge in [-0.15, -0.1) is 0 Å². The average Bonchev–Trinajstić information content (AvgIpc) is 3.51. The van der Waals surface area contributed by atoms with Crippen LogP contribution in [-0.2, 0) is 22.6 Å².